The lowest BCUT2D eigenvalue weighted by Crippen LogP contribution is -2.32. The number of tetrazole rings is 1. The van der Waals surface area contributed by atoms with Crippen LogP contribution in [0.4, 0.5) is 4.39 Å². The summed E-state index contributed by atoms with van der Waals surface area (Å²) >= 11 is 0. The topological polar surface area (TPSA) is 105 Å². The molecule has 0 aliphatic carbocycles. The molecule has 1 fully saturated rings. The molecular weight excluding hydrogens is 327 g/mol. The maximum absolute atomic E-state index is 13.1. The van der Waals surface area contributed by atoms with E-state index in [-0.39, 0.29) is 23.6 Å². The van der Waals surface area contributed by atoms with Crippen LogP contribution in [0.3, 0.4) is 0 Å². The van der Waals surface area contributed by atoms with Crippen LogP contribution in [-0.2, 0) is 0 Å². The highest BCUT2D eigenvalue weighted by Crippen LogP contribution is 2.30. The van der Waals surface area contributed by atoms with Crippen molar-refractivity contribution in [3.05, 3.63) is 47.6 Å². The number of rotatable bonds is 3. The van der Waals surface area contributed by atoms with E-state index in [4.69, 9.17) is 0 Å². The number of aromatic amines is 1. The zero-order valence-corrected chi connectivity index (χ0v) is 13.4. The van der Waals surface area contributed by atoms with Crippen LogP contribution in [0.15, 0.2) is 24.3 Å². The number of benzene rings is 1. The molecule has 1 atom stereocenters. The Bertz CT molecular complexity index is 889. The van der Waals surface area contributed by atoms with Gasteiger partial charge in [0.15, 0.2) is 5.82 Å². The predicted octanol–water partition coefficient (Wildman–Crippen LogP) is 1.21. The summed E-state index contributed by atoms with van der Waals surface area (Å²) in [6.07, 6.45) is 1.62. The van der Waals surface area contributed by atoms with Gasteiger partial charge in [0.25, 0.3) is 5.91 Å². The van der Waals surface area contributed by atoms with Crippen LogP contribution in [0.5, 0.6) is 0 Å². The number of likely N-dealkylation sites (tertiary alicyclic amines) is 1. The number of aromatic nitrogens is 7. The molecule has 3 heterocycles. The molecule has 0 radical (unpaired) electrons. The summed E-state index contributed by atoms with van der Waals surface area (Å²) in [6, 6.07) is 5.62. The molecule has 9 nitrogen and oxygen atoms in total. The van der Waals surface area contributed by atoms with Gasteiger partial charge < -0.3 is 4.90 Å². The van der Waals surface area contributed by atoms with E-state index in [9.17, 15) is 9.18 Å². The number of halogens is 1. The first-order chi connectivity index (χ1) is 12.1. The van der Waals surface area contributed by atoms with Gasteiger partial charge in [0.2, 0.25) is 5.82 Å². The highest BCUT2D eigenvalue weighted by Gasteiger charge is 2.35. The molecule has 1 saturated heterocycles. The second kappa shape index (κ2) is 6.04. The van der Waals surface area contributed by atoms with Gasteiger partial charge in [0.1, 0.15) is 11.6 Å². The summed E-state index contributed by atoms with van der Waals surface area (Å²) in [6.45, 7) is 2.33. The Kier molecular flexibility index (Phi) is 3.71. The number of H-pyrrole nitrogens is 1. The summed E-state index contributed by atoms with van der Waals surface area (Å²) in [4.78, 5) is 18.8. The van der Waals surface area contributed by atoms with E-state index in [0.717, 1.165) is 12.8 Å². The molecule has 1 N–H and O–H groups in total. The average molecular weight is 342 g/mol. The number of carbonyl (C=O) groups excluding carboxylic acids is 1. The van der Waals surface area contributed by atoms with Crippen molar-refractivity contribution >= 4 is 5.91 Å². The quantitative estimate of drug-likeness (QED) is 0.767. The van der Waals surface area contributed by atoms with Crippen molar-refractivity contribution in [2.24, 2.45) is 0 Å². The van der Waals surface area contributed by atoms with E-state index in [1.807, 2.05) is 0 Å². The van der Waals surface area contributed by atoms with Crippen LogP contribution in [0.1, 0.15) is 41.2 Å². The number of amides is 1. The van der Waals surface area contributed by atoms with Crippen LogP contribution in [0.2, 0.25) is 0 Å². The number of carbonyl (C=O) groups is 1. The van der Waals surface area contributed by atoms with Gasteiger partial charge in [0.05, 0.1) is 11.7 Å². The molecule has 1 aromatic carbocycles. The van der Waals surface area contributed by atoms with Crippen LogP contribution in [-0.4, -0.2) is 52.7 Å². The SMILES string of the molecule is Cc1nc(C(=O)N2CCCC2c2nn[nH]n2)nn1-c1ccc(F)cc1. The van der Waals surface area contributed by atoms with Gasteiger partial charge >= 0.3 is 0 Å². The molecule has 25 heavy (non-hydrogen) atoms. The van der Waals surface area contributed by atoms with Crippen LogP contribution < -0.4 is 0 Å². The molecule has 2 aromatic heterocycles. The lowest BCUT2D eigenvalue weighted by atomic mass is 10.2. The van der Waals surface area contributed by atoms with Gasteiger partial charge in [0, 0.05) is 6.54 Å². The van der Waals surface area contributed by atoms with E-state index < -0.39 is 0 Å². The molecule has 1 unspecified atom stereocenters. The minimum atomic E-state index is -0.335. The number of aryl methyl sites for hydroxylation is 1. The van der Waals surface area contributed by atoms with Crippen molar-refractivity contribution in [3.63, 3.8) is 0 Å². The molecule has 3 aromatic rings. The Morgan fingerprint density at radius 1 is 1.32 bits per heavy atom. The molecule has 1 aliphatic rings. The fourth-order valence-corrected chi connectivity index (χ4v) is 3.02. The average Bonchev–Trinajstić information content (AvgIpc) is 3.35. The standard InChI is InChI=1S/C15H15FN8O/c1-9-17-14(20-24(9)11-6-4-10(16)5-7-11)15(25)23-8-2-3-12(23)13-18-21-22-19-13/h4-7,12H,2-3,8H2,1H3,(H,18,19,21,22). The van der Waals surface area contributed by atoms with Gasteiger partial charge in [-0.15, -0.1) is 15.3 Å². The zero-order chi connectivity index (χ0) is 17.4. The molecule has 1 amide bonds. The Morgan fingerprint density at radius 2 is 2.12 bits per heavy atom. The van der Waals surface area contributed by atoms with Crippen molar-refractivity contribution in [1.82, 2.24) is 40.3 Å². The summed E-state index contributed by atoms with van der Waals surface area (Å²) in [7, 11) is 0. The number of nitrogens with zero attached hydrogens (tertiary/aromatic N) is 7. The normalized spacial score (nSPS) is 17.2. The molecule has 128 valence electrons. The van der Waals surface area contributed by atoms with Crippen molar-refractivity contribution in [1.29, 1.82) is 0 Å². The number of hydrogen-bond donors (Lipinski definition) is 1. The smallest absolute Gasteiger partial charge is 0.294 e. The third kappa shape index (κ3) is 2.75. The number of nitrogens with one attached hydrogen (secondary N) is 1. The van der Waals surface area contributed by atoms with Crippen molar-refractivity contribution in [2.75, 3.05) is 6.54 Å². The van der Waals surface area contributed by atoms with Gasteiger partial charge in [-0.3, -0.25) is 4.79 Å². The van der Waals surface area contributed by atoms with E-state index in [0.29, 0.717) is 23.9 Å². The van der Waals surface area contributed by atoms with E-state index >= 15 is 0 Å². The first-order valence-corrected chi connectivity index (χ1v) is 7.87. The molecule has 1 aliphatic heterocycles. The van der Waals surface area contributed by atoms with Gasteiger partial charge in [-0.1, -0.05) is 5.21 Å². The van der Waals surface area contributed by atoms with Crippen molar-refractivity contribution in [3.8, 4) is 5.69 Å². The Morgan fingerprint density at radius 3 is 2.84 bits per heavy atom. The summed E-state index contributed by atoms with van der Waals surface area (Å²) < 4.78 is 14.6. The minimum Gasteiger partial charge on any atom is -0.325 e. The fraction of sp³-hybridized carbons (Fsp3) is 0.333. The second-order valence-corrected chi connectivity index (χ2v) is 5.80. The third-order valence-corrected chi connectivity index (χ3v) is 4.20. The Balaban J connectivity index is 1.62. The molecule has 0 spiro atoms. The van der Waals surface area contributed by atoms with Crippen molar-refractivity contribution in [2.45, 2.75) is 25.8 Å². The monoisotopic (exact) mass is 342 g/mol. The van der Waals surface area contributed by atoms with Gasteiger partial charge in [-0.25, -0.2) is 14.1 Å². The van der Waals surface area contributed by atoms with E-state index in [1.165, 1.54) is 16.8 Å². The molecule has 4 rings (SSSR count). The first-order valence-electron chi connectivity index (χ1n) is 7.87. The Labute approximate surface area is 141 Å². The van der Waals surface area contributed by atoms with Crippen LogP contribution in [0.25, 0.3) is 5.69 Å². The molecule has 10 heteroatoms. The fourth-order valence-electron chi connectivity index (χ4n) is 3.02. The minimum absolute atomic E-state index is 0.0946. The highest BCUT2D eigenvalue weighted by molar-refractivity contribution is 5.91. The lowest BCUT2D eigenvalue weighted by molar-refractivity contribution is 0.0717. The second-order valence-electron chi connectivity index (χ2n) is 5.80. The summed E-state index contributed by atoms with van der Waals surface area (Å²) in [5.41, 5.74) is 0.640. The van der Waals surface area contributed by atoms with Gasteiger partial charge in [-0.05, 0) is 44.0 Å². The number of hydrogen-bond acceptors (Lipinski definition) is 6. The Hall–Kier alpha value is -3.17. The third-order valence-electron chi connectivity index (χ3n) is 4.20. The zero-order valence-electron chi connectivity index (χ0n) is 13.4. The molecule has 0 saturated carbocycles. The summed E-state index contributed by atoms with van der Waals surface area (Å²) in [5.74, 6) is 0.511. The van der Waals surface area contributed by atoms with Crippen LogP contribution >= 0.6 is 0 Å². The van der Waals surface area contributed by atoms with Crippen LogP contribution in [0, 0.1) is 12.7 Å². The van der Waals surface area contributed by atoms with Crippen molar-refractivity contribution < 1.29 is 9.18 Å². The lowest BCUT2D eigenvalue weighted by Gasteiger charge is -2.20. The van der Waals surface area contributed by atoms with Gasteiger partial charge in [-0.2, -0.15) is 5.21 Å². The predicted molar refractivity (Wildman–Crippen MR) is 83.2 cm³/mol. The largest absolute Gasteiger partial charge is 0.325 e. The van der Waals surface area contributed by atoms with E-state index in [2.05, 4.69) is 30.7 Å². The maximum atomic E-state index is 13.1. The highest BCUT2D eigenvalue weighted by atomic mass is 19.1. The van der Waals surface area contributed by atoms with E-state index in [1.54, 1.807) is 24.0 Å². The summed E-state index contributed by atoms with van der Waals surface area (Å²) in [5, 5.41) is 18.2. The molecular formula is C15H15FN8O. The molecule has 0 bridgehead atoms. The first kappa shape index (κ1) is 15.4. The maximum Gasteiger partial charge on any atom is 0.294 e.